The number of aromatic hydroxyl groups is 1. The molecule has 3 N–H and O–H groups in total. The van der Waals surface area contributed by atoms with Gasteiger partial charge in [0.1, 0.15) is 5.75 Å². The van der Waals surface area contributed by atoms with Crippen LogP contribution < -0.4 is 10.6 Å². The first-order valence-electron chi connectivity index (χ1n) is 10.1. The molecule has 1 aliphatic carbocycles. The van der Waals surface area contributed by atoms with E-state index in [0.717, 1.165) is 31.4 Å². The van der Waals surface area contributed by atoms with Crippen LogP contribution in [0.15, 0.2) is 41.8 Å². The number of anilines is 1. The Balaban J connectivity index is 1.59. The molecule has 1 aliphatic rings. The molecule has 0 atom stereocenters. The van der Waals surface area contributed by atoms with Crippen molar-refractivity contribution in [3.8, 4) is 17.0 Å². The number of thiophene rings is 1. The minimum Gasteiger partial charge on any atom is -0.507 e. The minimum absolute atomic E-state index is 0.00208. The Morgan fingerprint density at radius 2 is 2.10 bits per heavy atom. The SMILES string of the molecule is CCCNC(=O)n1nc(-c2ccc(NC(=O)c3cccs3)cc2O)cc1C1CCC1. The molecule has 1 aromatic carbocycles. The van der Waals surface area contributed by atoms with Crippen molar-refractivity contribution < 1.29 is 14.7 Å². The molecule has 2 amide bonds. The van der Waals surface area contributed by atoms with Crippen molar-refractivity contribution in [1.29, 1.82) is 0 Å². The van der Waals surface area contributed by atoms with E-state index in [4.69, 9.17) is 0 Å². The number of benzene rings is 1. The van der Waals surface area contributed by atoms with Gasteiger partial charge in [-0.2, -0.15) is 9.78 Å². The fourth-order valence-electron chi connectivity index (χ4n) is 3.42. The fraction of sp³-hybridized carbons (Fsp3) is 0.318. The van der Waals surface area contributed by atoms with Crippen molar-refractivity contribution in [2.45, 2.75) is 38.5 Å². The quantitative estimate of drug-likeness (QED) is 0.529. The molecule has 0 unspecified atom stereocenters. The smallest absolute Gasteiger partial charge is 0.342 e. The first-order valence-corrected chi connectivity index (χ1v) is 11.0. The Morgan fingerprint density at radius 1 is 1.27 bits per heavy atom. The summed E-state index contributed by atoms with van der Waals surface area (Å²) in [5.74, 6) is 0.0872. The molecule has 7 nitrogen and oxygen atoms in total. The van der Waals surface area contributed by atoms with Gasteiger partial charge in [0.2, 0.25) is 0 Å². The van der Waals surface area contributed by atoms with E-state index >= 15 is 0 Å². The number of carbonyl (C=O) groups excluding carboxylic acids is 2. The van der Waals surface area contributed by atoms with Gasteiger partial charge in [-0.05, 0) is 48.9 Å². The van der Waals surface area contributed by atoms with Crippen molar-refractivity contribution in [2.75, 3.05) is 11.9 Å². The predicted molar refractivity (Wildman–Crippen MR) is 117 cm³/mol. The molecular formula is C22H24N4O3S. The monoisotopic (exact) mass is 424 g/mol. The lowest BCUT2D eigenvalue weighted by molar-refractivity contribution is 0.103. The number of amides is 2. The number of aromatic nitrogens is 2. The summed E-state index contributed by atoms with van der Waals surface area (Å²) in [5.41, 5.74) is 2.43. The summed E-state index contributed by atoms with van der Waals surface area (Å²) < 4.78 is 1.43. The lowest BCUT2D eigenvalue weighted by Crippen LogP contribution is -2.32. The van der Waals surface area contributed by atoms with Crippen molar-refractivity contribution >= 4 is 29.0 Å². The second-order valence-corrected chi connectivity index (χ2v) is 8.34. The Morgan fingerprint density at radius 3 is 2.73 bits per heavy atom. The maximum absolute atomic E-state index is 12.6. The number of hydrogen-bond acceptors (Lipinski definition) is 5. The van der Waals surface area contributed by atoms with Crippen LogP contribution in [0.3, 0.4) is 0 Å². The average Bonchev–Trinajstić information content (AvgIpc) is 3.35. The molecule has 0 spiro atoms. The highest BCUT2D eigenvalue weighted by Gasteiger charge is 2.27. The molecule has 0 saturated heterocycles. The van der Waals surface area contributed by atoms with Crippen molar-refractivity contribution in [2.24, 2.45) is 0 Å². The molecular weight excluding hydrogens is 400 g/mol. The van der Waals surface area contributed by atoms with Crippen LogP contribution in [0.4, 0.5) is 10.5 Å². The van der Waals surface area contributed by atoms with Crippen LogP contribution in [0, 0.1) is 0 Å². The van der Waals surface area contributed by atoms with E-state index in [9.17, 15) is 14.7 Å². The highest BCUT2D eigenvalue weighted by molar-refractivity contribution is 7.12. The van der Waals surface area contributed by atoms with Crippen LogP contribution in [-0.4, -0.2) is 33.4 Å². The molecule has 8 heteroatoms. The van der Waals surface area contributed by atoms with Gasteiger partial charge in [0.15, 0.2) is 0 Å². The van der Waals surface area contributed by atoms with E-state index in [1.165, 1.54) is 22.1 Å². The number of nitrogens with zero attached hydrogens (tertiary/aromatic N) is 2. The molecule has 0 aliphatic heterocycles. The Hall–Kier alpha value is -3.13. The second-order valence-electron chi connectivity index (χ2n) is 7.39. The number of phenols is 1. The highest BCUT2D eigenvalue weighted by Crippen LogP contribution is 2.39. The van der Waals surface area contributed by atoms with Gasteiger partial charge in [-0.25, -0.2) is 4.79 Å². The van der Waals surface area contributed by atoms with Gasteiger partial charge in [-0.3, -0.25) is 4.79 Å². The van der Waals surface area contributed by atoms with Gasteiger partial charge in [-0.15, -0.1) is 11.3 Å². The summed E-state index contributed by atoms with van der Waals surface area (Å²) in [6, 6.07) is 10.1. The largest absolute Gasteiger partial charge is 0.507 e. The van der Waals surface area contributed by atoms with E-state index in [-0.39, 0.29) is 17.7 Å². The number of nitrogens with one attached hydrogen (secondary N) is 2. The summed E-state index contributed by atoms with van der Waals surface area (Å²) >= 11 is 1.35. The molecule has 2 heterocycles. The van der Waals surface area contributed by atoms with E-state index in [0.29, 0.717) is 34.3 Å². The lowest BCUT2D eigenvalue weighted by atomic mass is 9.82. The Bertz CT molecular complexity index is 1050. The van der Waals surface area contributed by atoms with E-state index < -0.39 is 0 Å². The number of rotatable bonds is 6. The Kier molecular flexibility index (Phi) is 5.85. The maximum atomic E-state index is 12.6. The molecule has 0 radical (unpaired) electrons. The summed E-state index contributed by atoms with van der Waals surface area (Å²) in [7, 11) is 0. The van der Waals surface area contributed by atoms with Gasteiger partial charge in [-0.1, -0.05) is 19.4 Å². The molecule has 2 aromatic heterocycles. The molecule has 4 rings (SSSR count). The van der Waals surface area contributed by atoms with E-state index in [2.05, 4.69) is 15.7 Å². The van der Waals surface area contributed by atoms with Gasteiger partial charge >= 0.3 is 6.03 Å². The zero-order valence-electron chi connectivity index (χ0n) is 16.7. The van der Waals surface area contributed by atoms with Gasteiger partial charge in [0.25, 0.3) is 5.91 Å². The van der Waals surface area contributed by atoms with Crippen molar-refractivity contribution in [3.05, 3.63) is 52.3 Å². The molecule has 3 aromatic rings. The number of phenolic OH excluding ortho intramolecular Hbond substituents is 1. The molecule has 0 bridgehead atoms. The number of hydrogen-bond donors (Lipinski definition) is 3. The maximum Gasteiger partial charge on any atom is 0.342 e. The first kappa shape index (κ1) is 20.2. The van der Waals surface area contributed by atoms with Crippen LogP contribution in [0.1, 0.15) is 53.9 Å². The van der Waals surface area contributed by atoms with Crippen LogP contribution in [0.25, 0.3) is 11.3 Å². The van der Waals surface area contributed by atoms with Crippen LogP contribution in [-0.2, 0) is 0 Å². The summed E-state index contributed by atoms with van der Waals surface area (Å²) in [6.45, 7) is 2.58. The fourth-order valence-corrected chi connectivity index (χ4v) is 4.04. The summed E-state index contributed by atoms with van der Waals surface area (Å²) in [4.78, 5) is 25.4. The van der Waals surface area contributed by atoms with Crippen LogP contribution >= 0.6 is 11.3 Å². The third kappa shape index (κ3) is 4.09. The van der Waals surface area contributed by atoms with Crippen LogP contribution in [0.2, 0.25) is 0 Å². The van der Waals surface area contributed by atoms with Crippen molar-refractivity contribution in [1.82, 2.24) is 15.1 Å². The first-order chi connectivity index (χ1) is 14.6. The predicted octanol–water partition coefficient (Wildman–Crippen LogP) is 4.80. The van der Waals surface area contributed by atoms with E-state index in [1.54, 1.807) is 18.2 Å². The third-order valence-corrected chi connectivity index (χ3v) is 6.12. The average molecular weight is 425 g/mol. The van der Waals surface area contributed by atoms with Crippen molar-refractivity contribution in [3.63, 3.8) is 0 Å². The number of carbonyl (C=O) groups is 2. The molecule has 156 valence electrons. The highest BCUT2D eigenvalue weighted by atomic mass is 32.1. The summed E-state index contributed by atoms with van der Waals surface area (Å²) in [6.07, 6.45) is 4.06. The molecule has 1 saturated carbocycles. The standard InChI is InChI=1S/C22H24N4O3S/c1-2-10-23-22(29)26-18(14-5-3-6-14)13-17(25-26)16-9-8-15(12-19(16)27)24-21(28)20-7-4-11-30-20/h4,7-9,11-14,27H,2-3,5-6,10H2,1H3,(H,23,29)(H,24,28). The third-order valence-electron chi connectivity index (χ3n) is 5.26. The van der Waals surface area contributed by atoms with Crippen LogP contribution in [0.5, 0.6) is 5.75 Å². The minimum atomic E-state index is -0.246. The zero-order chi connectivity index (χ0) is 21.1. The molecule has 30 heavy (non-hydrogen) atoms. The molecule has 1 fully saturated rings. The summed E-state index contributed by atoms with van der Waals surface area (Å²) in [5, 5.41) is 22.6. The Labute approximate surface area is 178 Å². The zero-order valence-corrected chi connectivity index (χ0v) is 17.5. The normalized spacial score (nSPS) is 13.6. The second kappa shape index (κ2) is 8.71. The topological polar surface area (TPSA) is 96.3 Å². The van der Waals surface area contributed by atoms with E-state index in [1.807, 2.05) is 24.4 Å². The van der Waals surface area contributed by atoms with Gasteiger partial charge in [0.05, 0.1) is 16.3 Å². The lowest BCUT2D eigenvalue weighted by Gasteiger charge is -2.25. The van der Waals surface area contributed by atoms with Gasteiger partial charge in [0, 0.05) is 29.8 Å². The van der Waals surface area contributed by atoms with Gasteiger partial charge < -0.3 is 15.7 Å².